The smallest absolute Gasteiger partial charge is 0.127 e. The Labute approximate surface area is 135 Å². The lowest BCUT2D eigenvalue weighted by molar-refractivity contribution is 0.619. The summed E-state index contributed by atoms with van der Waals surface area (Å²) in [5, 5.41) is 4.33. The normalized spacial score (nSPS) is 10.9. The lowest BCUT2D eigenvalue weighted by Gasteiger charge is -2.11. The largest absolute Gasteiger partial charge is 0.313 e. The molecule has 21 heavy (non-hydrogen) atoms. The molecule has 2 aromatic carbocycles. The van der Waals surface area contributed by atoms with Crippen LogP contribution in [-0.4, -0.2) is 6.54 Å². The second kappa shape index (κ2) is 7.26. The summed E-state index contributed by atoms with van der Waals surface area (Å²) in [5.74, 6) is -0.305. The van der Waals surface area contributed by atoms with Crippen molar-refractivity contribution in [1.82, 2.24) is 5.32 Å². The van der Waals surface area contributed by atoms with E-state index in [1.54, 1.807) is 13.0 Å². The van der Waals surface area contributed by atoms with E-state index < -0.39 is 0 Å². The molecule has 1 nitrogen and oxygen atoms in total. The highest BCUT2D eigenvalue weighted by Crippen LogP contribution is 2.35. The molecule has 0 atom stereocenters. The van der Waals surface area contributed by atoms with Crippen LogP contribution in [0.1, 0.15) is 24.5 Å². The van der Waals surface area contributed by atoms with Crippen LogP contribution in [-0.2, 0) is 6.54 Å². The molecule has 0 radical (unpaired) electrons. The van der Waals surface area contributed by atoms with Crippen LogP contribution in [0.4, 0.5) is 4.39 Å². The average molecular weight is 326 g/mol. The van der Waals surface area contributed by atoms with Gasteiger partial charge >= 0.3 is 0 Å². The molecule has 0 fully saturated rings. The summed E-state index contributed by atoms with van der Waals surface area (Å²) in [6.07, 6.45) is 1.09. The lowest BCUT2D eigenvalue weighted by Crippen LogP contribution is -2.13. The first-order valence-electron chi connectivity index (χ1n) is 6.98. The van der Waals surface area contributed by atoms with Gasteiger partial charge in [-0.05, 0) is 49.2 Å². The predicted molar refractivity (Wildman–Crippen MR) is 88.6 cm³/mol. The summed E-state index contributed by atoms with van der Waals surface area (Å²) < 4.78 is 13.5. The van der Waals surface area contributed by atoms with Crippen molar-refractivity contribution in [3.05, 3.63) is 57.3 Å². The molecule has 0 aliphatic heterocycles. The third kappa shape index (κ3) is 3.97. The first kappa shape index (κ1) is 16.3. The number of halogens is 3. The van der Waals surface area contributed by atoms with Crippen LogP contribution in [0.15, 0.2) is 30.3 Å². The molecule has 0 unspecified atom stereocenters. The van der Waals surface area contributed by atoms with Gasteiger partial charge in [-0.3, -0.25) is 0 Å². The van der Waals surface area contributed by atoms with Crippen molar-refractivity contribution >= 4 is 23.2 Å². The van der Waals surface area contributed by atoms with E-state index in [2.05, 4.69) is 12.2 Å². The van der Waals surface area contributed by atoms with Gasteiger partial charge in [-0.2, -0.15) is 0 Å². The van der Waals surface area contributed by atoms with Crippen molar-refractivity contribution in [3.8, 4) is 11.1 Å². The van der Waals surface area contributed by atoms with Gasteiger partial charge in [0.25, 0.3) is 0 Å². The summed E-state index contributed by atoms with van der Waals surface area (Å²) in [7, 11) is 0. The molecule has 4 heteroatoms. The second-order valence-corrected chi connectivity index (χ2v) is 5.89. The van der Waals surface area contributed by atoms with Gasteiger partial charge < -0.3 is 5.32 Å². The van der Waals surface area contributed by atoms with E-state index in [1.165, 1.54) is 6.07 Å². The van der Waals surface area contributed by atoms with Crippen molar-refractivity contribution in [2.24, 2.45) is 0 Å². The molecule has 0 aliphatic rings. The first-order chi connectivity index (χ1) is 10.0. The average Bonchev–Trinajstić information content (AvgIpc) is 2.44. The molecule has 112 valence electrons. The fourth-order valence-electron chi connectivity index (χ4n) is 2.16. The molecule has 0 saturated carbocycles. The van der Waals surface area contributed by atoms with E-state index in [0.717, 1.165) is 36.2 Å². The van der Waals surface area contributed by atoms with E-state index in [0.29, 0.717) is 15.6 Å². The fourth-order valence-corrected chi connectivity index (χ4v) is 2.72. The van der Waals surface area contributed by atoms with Gasteiger partial charge in [0, 0.05) is 22.7 Å². The van der Waals surface area contributed by atoms with Crippen LogP contribution < -0.4 is 5.32 Å². The second-order valence-electron chi connectivity index (χ2n) is 5.07. The van der Waals surface area contributed by atoms with Gasteiger partial charge in [0.05, 0.1) is 5.02 Å². The molecule has 2 rings (SSSR count). The van der Waals surface area contributed by atoms with Crippen molar-refractivity contribution in [2.75, 3.05) is 6.54 Å². The number of nitrogens with one attached hydrogen (secondary N) is 1. The Morgan fingerprint density at radius 3 is 2.43 bits per heavy atom. The zero-order valence-corrected chi connectivity index (χ0v) is 13.7. The Hall–Kier alpha value is -1.09. The molecule has 0 aliphatic carbocycles. The minimum absolute atomic E-state index is 0.305. The molecule has 0 bridgehead atoms. The molecule has 0 spiro atoms. The molecule has 1 N–H and O–H groups in total. The van der Waals surface area contributed by atoms with Crippen molar-refractivity contribution in [3.63, 3.8) is 0 Å². The third-order valence-electron chi connectivity index (χ3n) is 3.33. The molecular weight excluding hydrogens is 308 g/mol. The SMILES string of the molecule is CCCNCc1ccc(-c2cc(C)c(F)cc2Cl)c(Cl)c1. The van der Waals surface area contributed by atoms with Gasteiger partial charge in [0.2, 0.25) is 0 Å². The Balaban J connectivity index is 2.31. The molecule has 0 amide bonds. The van der Waals surface area contributed by atoms with Crippen molar-refractivity contribution < 1.29 is 4.39 Å². The quantitative estimate of drug-likeness (QED) is 0.705. The minimum Gasteiger partial charge on any atom is -0.313 e. The van der Waals surface area contributed by atoms with Gasteiger partial charge in [0.1, 0.15) is 5.82 Å². The van der Waals surface area contributed by atoms with E-state index in [9.17, 15) is 4.39 Å². The number of benzene rings is 2. The van der Waals surface area contributed by atoms with E-state index in [1.807, 2.05) is 18.2 Å². The van der Waals surface area contributed by atoms with Crippen LogP contribution in [0.5, 0.6) is 0 Å². The predicted octanol–water partition coefficient (Wildman–Crippen LogP) is 5.61. The van der Waals surface area contributed by atoms with Gasteiger partial charge in [-0.1, -0.05) is 42.3 Å². The topological polar surface area (TPSA) is 12.0 Å². The Morgan fingerprint density at radius 2 is 1.76 bits per heavy atom. The van der Waals surface area contributed by atoms with Gasteiger partial charge in [-0.25, -0.2) is 4.39 Å². The highest BCUT2D eigenvalue weighted by molar-refractivity contribution is 6.36. The van der Waals surface area contributed by atoms with Gasteiger partial charge in [0.15, 0.2) is 0 Å². The first-order valence-corrected chi connectivity index (χ1v) is 7.73. The van der Waals surface area contributed by atoms with Crippen LogP contribution in [0.25, 0.3) is 11.1 Å². The fraction of sp³-hybridized carbons (Fsp3) is 0.294. The van der Waals surface area contributed by atoms with E-state index >= 15 is 0 Å². The monoisotopic (exact) mass is 325 g/mol. The summed E-state index contributed by atoms with van der Waals surface area (Å²) in [5.41, 5.74) is 3.25. The number of hydrogen-bond donors (Lipinski definition) is 1. The maximum Gasteiger partial charge on any atom is 0.127 e. The molecular formula is C17H18Cl2FN. The van der Waals surface area contributed by atoms with Gasteiger partial charge in [-0.15, -0.1) is 0 Å². The van der Waals surface area contributed by atoms with E-state index in [4.69, 9.17) is 23.2 Å². The summed E-state index contributed by atoms with van der Waals surface area (Å²) in [6.45, 7) is 5.60. The number of hydrogen-bond acceptors (Lipinski definition) is 1. The Kier molecular flexibility index (Phi) is 5.63. The van der Waals surface area contributed by atoms with Crippen LogP contribution >= 0.6 is 23.2 Å². The zero-order chi connectivity index (χ0) is 15.4. The Morgan fingerprint density at radius 1 is 1.05 bits per heavy atom. The summed E-state index contributed by atoms with van der Waals surface area (Å²) in [6, 6.07) is 8.93. The lowest BCUT2D eigenvalue weighted by atomic mass is 10.0. The molecule has 0 heterocycles. The molecule has 0 aromatic heterocycles. The maximum atomic E-state index is 13.5. The van der Waals surface area contributed by atoms with Crippen LogP contribution in [0, 0.1) is 12.7 Å². The molecule has 2 aromatic rings. The molecule has 0 saturated heterocycles. The number of aryl methyl sites for hydroxylation is 1. The van der Waals surface area contributed by atoms with Crippen LogP contribution in [0.2, 0.25) is 10.0 Å². The van der Waals surface area contributed by atoms with Crippen molar-refractivity contribution in [2.45, 2.75) is 26.8 Å². The van der Waals surface area contributed by atoms with Crippen molar-refractivity contribution in [1.29, 1.82) is 0 Å². The summed E-state index contributed by atoms with van der Waals surface area (Å²) >= 11 is 12.5. The summed E-state index contributed by atoms with van der Waals surface area (Å²) in [4.78, 5) is 0. The highest BCUT2D eigenvalue weighted by atomic mass is 35.5. The highest BCUT2D eigenvalue weighted by Gasteiger charge is 2.11. The Bertz CT molecular complexity index is 641. The maximum absolute atomic E-state index is 13.5. The zero-order valence-electron chi connectivity index (χ0n) is 12.1. The minimum atomic E-state index is -0.305. The standard InChI is InChI=1S/C17H18Cl2FN/c1-3-6-21-10-12-4-5-13(15(18)8-12)14-7-11(2)17(20)9-16(14)19/h4-5,7-9,21H,3,6,10H2,1-2H3. The van der Waals surface area contributed by atoms with Crippen LogP contribution in [0.3, 0.4) is 0 Å². The van der Waals surface area contributed by atoms with E-state index in [-0.39, 0.29) is 5.82 Å². The number of rotatable bonds is 5. The third-order valence-corrected chi connectivity index (χ3v) is 3.95.